The number of rotatable bonds is 7. The van der Waals surface area contributed by atoms with Crippen molar-refractivity contribution in [2.24, 2.45) is 0 Å². The van der Waals surface area contributed by atoms with E-state index in [1.165, 1.54) is 104 Å². The van der Waals surface area contributed by atoms with Crippen LogP contribution in [0.25, 0.3) is 49.7 Å². The van der Waals surface area contributed by atoms with Crippen molar-refractivity contribution in [1.29, 1.82) is 0 Å². The summed E-state index contributed by atoms with van der Waals surface area (Å²) in [7, 11) is -2.74. The Hall–Kier alpha value is -7.32. The van der Waals surface area contributed by atoms with Gasteiger partial charge in [-0.15, -0.1) is 35.4 Å². The van der Waals surface area contributed by atoms with Gasteiger partial charge in [0.05, 0.1) is 11.0 Å². The maximum Gasteiger partial charge on any atom is 1.00 e. The summed E-state index contributed by atoms with van der Waals surface area (Å²) in [5.41, 5.74) is 16.1. The Morgan fingerprint density at radius 1 is 0.312 bits per heavy atom. The summed E-state index contributed by atoms with van der Waals surface area (Å²) in [5, 5.41) is 11.2. The number of hydrogen-bond acceptors (Lipinski definition) is 0. The zero-order valence-corrected chi connectivity index (χ0v) is 48.3. The van der Waals surface area contributed by atoms with Gasteiger partial charge in [-0.1, -0.05) is 175 Å². The summed E-state index contributed by atoms with van der Waals surface area (Å²) < 4.78 is 2.46. The van der Waals surface area contributed by atoms with Crippen LogP contribution >= 0.6 is 15.8 Å². The Bertz CT molecular complexity index is 4010. The van der Waals surface area contributed by atoms with Crippen LogP contribution in [0.3, 0.4) is 0 Å². The van der Waals surface area contributed by atoms with Crippen LogP contribution in [0.5, 0.6) is 0 Å². The fourth-order valence-corrected chi connectivity index (χ4v) is 17.1. The predicted octanol–water partition coefficient (Wildman–Crippen LogP) is 14.2. The van der Waals surface area contributed by atoms with Gasteiger partial charge in [-0.05, 0) is 125 Å². The number of hydrogen-bond donors (Lipinski definition) is 0. The van der Waals surface area contributed by atoms with Gasteiger partial charge in [0.2, 0.25) is 0 Å². The molecular weight excluding hydrogens is 1330 g/mol. The van der Waals surface area contributed by atoms with Crippen molar-refractivity contribution in [3.05, 3.63) is 319 Å². The Balaban J connectivity index is 0.000000170. The molecule has 0 N–H and O–H groups in total. The van der Waals surface area contributed by atoms with E-state index in [4.69, 9.17) is 12.8 Å². The van der Waals surface area contributed by atoms with Gasteiger partial charge in [-0.25, -0.2) is 0 Å². The van der Waals surface area contributed by atoms with E-state index < -0.39 is 15.8 Å². The van der Waals surface area contributed by atoms with Crippen molar-refractivity contribution < 1.29 is 44.8 Å². The zero-order chi connectivity index (χ0) is 50.5. The Labute approximate surface area is 486 Å². The first-order chi connectivity index (χ1) is 37.1. The van der Waals surface area contributed by atoms with Gasteiger partial charge in [0, 0.05) is 22.5 Å². The van der Waals surface area contributed by atoms with E-state index in [0.29, 0.717) is 0 Å². The molecule has 0 saturated carbocycles. The predicted molar refractivity (Wildman–Crippen MR) is 323 cm³/mol. The molecule has 0 unspecified atom stereocenters. The quantitative estimate of drug-likeness (QED) is 0.0649. The average molecular weight is 1390 g/mol. The third kappa shape index (κ3) is 10.9. The fourth-order valence-electron chi connectivity index (χ4n) is 11.1. The summed E-state index contributed by atoms with van der Waals surface area (Å²) in [4.78, 5) is 0. The topological polar surface area (TPSA) is 4.93 Å². The second-order valence-electron chi connectivity index (χ2n) is 19.0. The molecule has 2 aliphatic carbocycles. The largest absolute Gasteiger partial charge is 1.00 e. The minimum Gasteiger partial charge on any atom is -0.366 e. The standard InChI is InChI=1S/C42H31NP2.2C15H9.2Au/c1-6-18-32(19-7-1)43-39-29-17-16-28-37(39)38-30-41(44(33-20-8-2-9-21-33)34-22-10-3-11-23-34)42(31-40(38)43)45(35-24-12-4-13-25-35)36-26-14-5-15-27-36;1-2-11-7-8-15-13(9-11)10-12-5-3-4-6-14(12)15;1-2-11-7-8-13-10-12-5-3-4-6-14(12)15(13)9-11;;/h1-31H;2*3-9H,10H2;;/q;2*-1;2*+1/p+2. The van der Waals surface area contributed by atoms with E-state index in [1.807, 2.05) is 18.2 Å². The SMILES string of the molecule is [Au+].[Au+].[C-]#Cc1ccc2c(c1)-c1ccccc1C2.[C-]#Cc1ccc2c(c1)Cc1ccccc1-2.c1ccc(-n2c3ccccc3c3cc([PH+](c4ccccc4)c4ccccc4)c([PH+](c4ccccc4)c4ccccc4)cc32)cc1. The number of benzene rings is 11. The Morgan fingerprint density at radius 3 is 1.26 bits per heavy atom. The first-order valence-electron chi connectivity index (χ1n) is 25.5. The van der Waals surface area contributed by atoms with E-state index in [2.05, 4.69) is 271 Å². The molecule has 0 saturated heterocycles. The molecule has 0 amide bonds. The minimum atomic E-state index is -1.38. The maximum absolute atomic E-state index is 7.14. The van der Waals surface area contributed by atoms with Crippen molar-refractivity contribution in [2.75, 3.05) is 0 Å². The number of aromatic nitrogens is 1. The van der Waals surface area contributed by atoms with Crippen LogP contribution in [0, 0.1) is 24.7 Å². The van der Waals surface area contributed by atoms with Crippen molar-refractivity contribution in [3.8, 4) is 39.8 Å². The second-order valence-corrected chi connectivity index (χ2v) is 23.9. The second kappa shape index (κ2) is 24.3. The minimum absolute atomic E-state index is 0. The first kappa shape index (κ1) is 53.1. The van der Waals surface area contributed by atoms with E-state index in [-0.39, 0.29) is 44.8 Å². The number of fused-ring (bicyclic) bond motifs is 9. The van der Waals surface area contributed by atoms with Crippen LogP contribution < -0.4 is 31.8 Å². The Morgan fingerprint density at radius 2 is 0.714 bits per heavy atom. The van der Waals surface area contributed by atoms with Crippen LogP contribution in [0.1, 0.15) is 33.4 Å². The molecule has 1 nitrogen and oxygen atoms in total. The van der Waals surface area contributed by atoms with E-state index in [9.17, 15) is 0 Å². The van der Waals surface area contributed by atoms with E-state index in [0.717, 1.165) is 24.0 Å². The molecule has 2 aliphatic rings. The van der Waals surface area contributed by atoms with Gasteiger partial charge in [0.15, 0.2) is 0 Å². The molecule has 0 aliphatic heterocycles. The van der Waals surface area contributed by atoms with Gasteiger partial charge in [-0.2, -0.15) is 0 Å². The van der Waals surface area contributed by atoms with Crippen molar-refractivity contribution >= 4 is 69.5 Å². The molecule has 0 radical (unpaired) electrons. The van der Waals surface area contributed by atoms with Gasteiger partial charge >= 0.3 is 44.8 Å². The molecule has 12 aromatic rings. The summed E-state index contributed by atoms with van der Waals surface area (Å²) in [5.74, 6) is 4.87. The molecule has 374 valence electrons. The summed E-state index contributed by atoms with van der Waals surface area (Å²) in [6.45, 7) is 0. The van der Waals surface area contributed by atoms with Crippen LogP contribution in [0.2, 0.25) is 0 Å². The van der Waals surface area contributed by atoms with Crippen molar-refractivity contribution in [1.82, 2.24) is 4.57 Å². The summed E-state index contributed by atoms with van der Waals surface area (Å²) in [6, 6.07) is 98.8. The van der Waals surface area contributed by atoms with E-state index >= 15 is 0 Å². The smallest absolute Gasteiger partial charge is 0.366 e. The first-order valence-corrected chi connectivity index (χ1v) is 28.5. The molecular formula is C72H51Au2NP2+2. The molecule has 0 fully saturated rings. The van der Waals surface area contributed by atoms with Crippen LogP contribution in [0.15, 0.2) is 273 Å². The van der Waals surface area contributed by atoms with Crippen LogP contribution in [-0.2, 0) is 57.6 Å². The van der Waals surface area contributed by atoms with Crippen molar-refractivity contribution in [3.63, 3.8) is 0 Å². The molecule has 0 spiro atoms. The molecule has 77 heavy (non-hydrogen) atoms. The molecule has 1 aromatic heterocycles. The zero-order valence-electron chi connectivity index (χ0n) is 41.9. The average Bonchev–Trinajstić information content (AvgIpc) is 4.28. The summed E-state index contributed by atoms with van der Waals surface area (Å²) >= 11 is 0. The maximum atomic E-state index is 7.14. The third-order valence-electron chi connectivity index (χ3n) is 14.5. The van der Waals surface area contributed by atoms with Crippen LogP contribution in [0.4, 0.5) is 0 Å². The summed E-state index contributed by atoms with van der Waals surface area (Å²) in [6.07, 6.45) is 16.3. The van der Waals surface area contributed by atoms with Gasteiger partial charge < -0.3 is 17.4 Å². The Kier molecular flexibility index (Phi) is 16.8. The molecule has 14 rings (SSSR count). The number of nitrogens with zero attached hydrogens (tertiary/aromatic N) is 1. The molecule has 5 heteroatoms. The van der Waals surface area contributed by atoms with Gasteiger partial charge in [0.25, 0.3) is 0 Å². The van der Waals surface area contributed by atoms with Crippen molar-refractivity contribution in [2.45, 2.75) is 12.8 Å². The fraction of sp³-hybridized carbons (Fsp3) is 0.0278. The van der Waals surface area contributed by atoms with Gasteiger partial charge in [0.1, 0.15) is 47.7 Å². The molecule has 1 heterocycles. The molecule has 0 atom stereocenters. The number of para-hydroxylation sites is 2. The van der Waals surface area contributed by atoms with E-state index in [1.54, 1.807) is 0 Å². The van der Waals surface area contributed by atoms with Gasteiger partial charge in [-0.3, -0.25) is 11.8 Å². The normalized spacial score (nSPS) is 11.3. The molecule has 0 bridgehead atoms. The monoisotopic (exact) mass is 1390 g/mol. The van der Waals surface area contributed by atoms with Crippen LogP contribution in [-0.4, -0.2) is 4.57 Å². The third-order valence-corrected chi connectivity index (χ3v) is 20.3. The molecule has 11 aromatic carbocycles.